The van der Waals surface area contributed by atoms with Crippen LogP contribution >= 0.6 is 7.82 Å². The summed E-state index contributed by atoms with van der Waals surface area (Å²) in [4.78, 5) is 37.6. The molecule has 57 heavy (non-hydrogen) atoms. The molecule has 0 heterocycles. The number of phosphoric ester groups is 1. The average Bonchev–Trinajstić information content (AvgIpc) is 3.16. The van der Waals surface area contributed by atoms with Gasteiger partial charge in [-0.25, -0.2) is 0 Å². The first-order chi connectivity index (χ1) is 27.5. The Morgan fingerprint density at radius 1 is 0.544 bits per heavy atom. The van der Waals surface area contributed by atoms with Crippen molar-refractivity contribution in [2.75, 3.05) is 47.5 Å². The summed E-state index contributed by atoms with van der Waals surface area (Å²) in [6.07, 6.45) is 44.5. The highest BCUT2D eigenvalue weighted by atomic mass is 31.2. The Hall–Kier alpha value is -1.77. The second-order valence-corrected chi connectivity index (χ2v) is 18.2. The van der Waals surface area contributed by atoms with Crippen LogP contribution < -0.4 is 4.89 Å². The number of likely N-dealkylation sites (N-methyl/N-ethyl adjacent to an activating group) is 1. The van der Waals surface area contributed by atoms with Gasteiger partial charge in [-0.3, -0.25) is 14.2 Å². The van der Waals surface area contributed by atoms with Gasteiger partial charge in [0.15, 0.2) is 6.10 Å². The number of quaternary nitrogens is 1. The quantitative estimate of drug-likeness (QED) is 0.0197. The van der Waals surface area contributed by atoms with Crippen molar-refractivity contribution in [3.8, 4) is 0 Å². The molecule has 0 aliphatic heterocycles. The Balaban J connectivity index is 4.35. The van der Waals surface area contributed by atoms with Crippen molar-refractivity contribution in [1.29, 1.82) is 0 Å². The molecule has 0 N–H and O–H groups in total. The van der Waals surface area contributed by atoms with Gasteiger partial charge in [-0.2, -0.15) is 0 Å². The predicted molar refractivity (Wildman–Crippen MR) is 236 cm³/mol. The topological polar surface area (TPSA) is 111 Å². The van der Waals surface area contributed by atoms with Gasteiger partial charge in [0.25, 0.3) is 7.82 Å². The molecule has 0 spiro atoms. The number of hydrogen-bond acceptors (Lipinski definition) is 8. The number of hydrogen-bond donors (Lipinski definition) is 0. The van der Waals surface area contributed by atoms with Crippen LogP contribution in [0.15, 0.2) is 36.5 Å². The summed E-state index contributed by atoms with van der Waals surface area (Å²) in [5, 5.41) is 0. The van der Waals surface area contributed by atoms with E-state index in [4.69, 9.17) is 18.5 Å². The fourth-order valence-electron chi connectivity index (χ4n) is 6.21. The van der Waals surface area contributed by atoms with Gasteiger partial charge >= 0.3 is 11.9 Å². The van der Waals surface area contributed by atoms with Gasteiger partial charge in [0.05, 0.1) is 27.7 Å². The van der Waals surface area contributed by atoms with Crippen molar-refractivity contribution < 1.29 is 42.1 Å². The highest BCUT2D eigenvalue weighted by molar-refractivity contribution is 7.45. The molecule has 0 saturated heterocycles. The first-order valence-corrected chi connectivity index (χ1v) is 24.7. The molecule has 0 bridgehead atoms. The third-order valence-electron chi connectivity index (χ3n) is 9.88. The van der Waals surface area contributed by atoms with Crippen molar-refractivity contribution in [3.05, 3.63) is 36.5 Å². The fraction of sp³-hybridized carbons (Fsp3) is 0.830. The Labute approximate surface area is 351 Å². The molecular formula is C47H88NO8P. The van der Waals surface area contributed by atoms with Crippen molar-refractivity contribution in [1.82, 2.24) is 0 Å². The van der Waals surface area contributed by atoms with E-state index in [1.54, 1.807) is 0 Å². The minimum atomic E-state index is -4.63. The van der Waals surface area contributed by atoms with Crippen molar-refractivity contribution >= 4 is 19.8 Å². The van der Waals surface area contributed by atoms with Gasteiger partial charge in [-0.1, -0.05) is 153 Å². The molecule has 0 aromatic rings. The van der Waals surface area contributed by atoms with Crippen LogP contribution in [0.25, 0.3) is 0 Å². The van der Waals surface area contributed by atoms with Crippen LogP contribution in [-0.4, -0.2) is 70.0 Å². The van der Waals surface area contributed by atoms with Crippen LogP contribution in [0.3, 0.4) is 0 Å². The molecule has 1 unspecified atom stereocenters. The van der Waals surface area contributed by atoms with E-state index < -0.39 is 32.5 Å². The molecule has 0 amide bonds. The molecule has 9 nitrogen and oxygen atoms in total. The number of allylic oxidation sites excluding steroid dienone is 6. The van der Waals surface area contributed by atoms with Gasteiger partial charge in [-0.15, -0.1) is 0 Å². The van der Waals surface area contributed by atoms with Gasteiger partial charge in [0.2, 0.25) is 0 Å². The van der Waals surface area contributed by atoms with Gasteiger partial charge in [0.1, 0.15) is 19.8 Å². The zero-order chi connectivity index (χ0) is 42.1. The number of carbonyl (C=O) groups is 2. The summed E-state index contributed by atoms with van der Waals surface area (Å²) in [6.45, 7) is 4.19. The number of carbonyl (C=O) groups excluding carboxylic acids is 2. The summed E-state index contributed by atoms with van der Waals surface area (Å²) in [7, 11) is 1.16. The van der Waals surface area contributed by atoms with E-state index in [0.29, 0.717) is 17.4 Å². The lowest BCUT2D eigenvalue weighted by atomic mass is 10.1. The lowest BCUT2D eigenvalue weighted by molar-refractivity contribution is -0.870. The first-order valence-electron chi connectivity index (χ1n) is 23.2. The monoisotopic (exact) mass is 826 g/mol. The summed E-state index contributed by atoms with van der Waals surface area (Å²) < 4.78 is 33.9. The highest BCUT2D eigenvalue weighted by Gasteiger charge is 2.21. The summed E-state index contributed by atoms with van der Waals surface area (Å²) in [6, 6.07) is 0. The van der Waals surface area contributed by atoms with Crippen LogP contribution in [-0.2, 0) is 32.7 Å². The number of unbranched alkanes of at least 4 members (excludes halogenated alkanes) is 22. The highest BCUT2D eigenvalue weighted by Crippen LogP contribution is 2.38. The molecule has 0 aromatic heterocycles. The standard InChI is InChI=1S/C47H88NO8P/c1-6-8-10-12-14-16-18-20-22-24-26-27-29-31-33-35-37-39-46(49)53-43-45(44-55-57(51,52)54-42-41-48(3,4)5)56-47(50)40-38-36-34-32-30-28-25-23-21-19-17-15-13-11-9-7-2/h14,16,20,22-23,25,45H,6-13,15,17-19,21,24,26-44H2,1-5H3/b16-14-,22-20-,25-23-/t45-/m1/s1. The second-order valence-electron chi connectivity index (χ2n) is 16.8. The van der Waals surface area contributed by atoms with Crippen LogP contribution in [0.5, 0.6) is 0 Å². The third kappa shape index (κ3) is 43.6. The Morgan fingerprint density at radius 3 is 1.44 bits per heavy atom. The number of rotatable bonds is 42. The minimum absolute atomic E-state index is 0.0338. The Kier molecular flexibility index (Phi) is 38.4. The number of nitrogens with zero attached hydrogens (tertiary/aromatic N) is 1. The Bertz CT molecular complexity index is 1070. The SMILES string of the molecule is CCCCC/C=C\C/C=C\CCCCCCCCCC(=O)OC[C@H](COP(=O)([O-])OCC[N+](C)(C)C)OC(=O)CCCCCCC/C=C\CCCCCCCCC. The van der Waals surface area contributed by atoms with Crippen molar-refractivity contribution in [2.24, 2.45) is 0 Å². The predicted octanol–water partition coefficient (Wildman–Crippen LogP) is 12.7. The van der Waals surface area contributed by atoms with Crippen LogP contribution in [0.4, 0.5) is 0 Å². The Morgan fingerprint density at radius 2 is 0.947 bits per heavy atom. The van der Waals surface area contributed by atoms with E-state index in [-0.39, 0.29) is 26.1 Å². The molecule has 0 aliphatic carbocycles. The maximum Gasteiger partial charge on any atom is 0.306 e. The lowest BCUT2D eigenvalue weighted by Gasteiger charge is -2.28. The van der Waals surface area contributed by atoms with Gasteiger partial charge < -0.3 is 27.9 Å². The maximum absolute atomic E-state index is 12.7. The van der Waals surface area contributed by atoms with Gasteiger partial charge in [0, 0.05) is 12.8 Å². The van der Waals surface area contributed by atoms with Crippen LogP contribution in [0.1, 0.15) is 200 Å². The number of phosphoric acid groups is 1. The van der Waals surface area contributed by atoms with E-state index in [0.717, 1.165) is 70.6 Å². The van der Waals surface area contributed by atoms with Crippen molar-refractivity contribution in [2.45, 2.75) is 206 Å². The molecule has 0 aromatic carbocycles. The fourth-order valence-corrected chi connectivity index (χ4v) is 6.94. The average molecular weight is 826 g/mol. The third-order valence-corrected chi connectivity index (χ3v) is 10.8. The largest absolute Gasteiger partial charge is 0.756 e. The zero-order valence-electron chi connectivity index (χ0n) is 37.5. The van der Waals surface area contributed by atoms with E-state index in [2.05, 4.69) is 50.3 Å². The summed E-state index contributed by atoms with van der Waals surface area (Å²) in [5.41, 5.74) is 0. The van der Waals surface area contributed by atoms with Gasteiger partial charge in [-0.05, 0) is 70.6 Å². The zero-order valence-corrected chi connectivity index (χ0v) is 38.4. The van der Waals surface area contributed by atoms with E-state index in [9.17, 15) is 19.0 Å². The lowest BCUT2D eigenvalue weighted by Crippen LogP contribution is -2.37. The van der Waals surface area contributed by atoms with E-state index >= 15 is 0 Å². The molecule has 10 heteroatoms. The number of esters is 2. The normalized spacial score (nSPS) is 13.9. The minimum Gasteiger partial charge on any atom is -0.756 e. The molecule has 0 fully saturated rings. The molecule has 0 radical (unpaired) electrons. The first kappa shape index (κ1) is 55.2. The van der Waals surface area contributed by atoms with Crippen LogP contribution in [0, 0.1) is 0 Å². The smallest absolute Gasteiger partial charge is 0.306 e. The maximum atomic E-state index is 12.7. The second kappa shape index (κ2) is 39.7. The van der Waals surface area contributed by atoms with Crippen molar-refractivity contribution in [3.63, 3.8) is 0 Å². The van der Waals surface area contributed by atoms with Crippen LogP contribution in [0.2, 0.25) is 0 Å². The van der Waals surface area contributed by atoms with E-state index in [1.807, 2.05) is 21.1 Å². The molecule has 2 atom stereocenters. The van der Waals surface area contributed by atoms with E-state index in [1.165, 1.54) is 96.3 Å². The number of ether oxygens (including phenoxy) is 2. The summed E-state index contributed by atoms with van der Waals surface area (Å²) >= 11 is 0. The molecule has 0 rings (SSSR count). The molecule has 334 valence electrons. The molecular weight excluding hydrogens is 737 g/mol. The molecule has 0 saturated carbocycles. The summed E-state index contributed by atoms with van der Waals surface area (Å²) in [5.74, 6) is -0.850. The molecule has 0 aliphatic rings.